The summed E-state index contributed by atoms with van der Waals surface area (Å²) in [7, 11) is -2.60. The zero-order valence-corrected chi connectivity index (χ0v) is 17.8. The number of nitrogens with zero attached hydrogens (tertiary/aromatic N) is 2. The third-order valence-corrected chi connectivity index (χ3v) is 5.44. The lowest BCUT2D eigenvalue weighted by Gasteiger charge is -2.15. The molecule has 158 valence electrons. The summed E-state index contributed by atoms with van der Waals surface area (Å²) in [6.45, 7) is 0. The molecule has 1 heterocycles. The Balaban J connectivity index is 2.00. The molecular formula is C25H19N3O3S. The second-order valence-corrected chi connectivity index (χ2v) is 8.01. The predicted molar refractivity (Wildman–Crippen MR) is 126 cm³/mol. The number of benzene rings is 3. The lowest BCUT2D eigenvalue weighted by atomic mass is 9.97. The first kappa shape index (κ1) is 21.1. The molecular weight excluding hydrogens is 422 g/mol. The summed E-state index contributed by atoms with van der Waals surface area (Å²) >= 11 is 0. The van der Waals surface area contributed by atoms with E-state index in [0.29, 0.717) is 33.6 Å². The van der Waals surface area contributed by atoms with Crippen LogP contribution in [-0.4, -0.2) is 18.9 Å². The quantitative estimate of drug-likeness (QED) is 0.441. The first-order valence-corrected chi connectivity index (χ1v) is 11.2. The van der Waals surface area contributed by atoms with E-state index in [0.717, 1.165) is 5.56 Å². The van der Waals surface area contributed by atoms with E-state index in [1.54, 1.807) is 47.2 Å². The maximum absolute atomic E-state index is 13.5. The van der Waals surface area contributed by atoms with Crippen LogP contribution in [0.5, 0.6) is 0 Å². The first-order valence-electron chi connectivity index (χ1n) is 9.85. The van der Waals surface area contributed by atoms with Crippen LogP contribution in [0.4, 0.5) is 5.69 Å². The normalized spacial score (nSPS) is 10.6. The van der Waals surface area contributed by atoms with Crippen molar-refractivity contribution >= 4 is 16.4 Å². The van der Waals surface area contributed by atoms with Gasteiger partial charge in [-0.15, -0.1) is 0 Å². The van der Waals surface area contributed by atoms with Crippen LogP contribution in [0.25, 0.3) is 27.9 Å². The Labute approximate surface area is 187 Å². The number of thiol groups is 1. The van der Waals surface area contributed by atoms with Crippen molar-refractivity contribution in [3.05, 3.63) is 107 Å². The highest BCUT2D eigenvalue weighted by molar-refractivity contribution is 7.72. The molecule has 0 atom stereocenters. The zero-order chi connectivity index (χ0) is 22.5. The van der Waals surface area contributed by atoms with Crippen molar-refractivity contribution in [3.63, 3.8) is 0 Å². The van der Waals surface area contributed by atoms with Gasteiger partial charge in [-0.1, -0.05) is 54.6 Å². The van der Waals surface area contributed by atoms with Gasteiger partial charge in [-0.25, -0.2) is 8.42 Å². The number of hydrogen-bond acceptors (Lipinski definition) is 5. The van der Waals surface area contributed by atoms with Gasteiger partial charge >= 0.3 is 0 Å². The summed E-state index contributed by atoms with van der Waals surface area (Å²) in [6, 6.07) is 27.4. The van der Waals surface area contributed by atoms with Gasteiger partial charge < -0.3 is 5.32 Å². The Morgan fingerprint density at radius 2 is 1.50 bits per heavy atom. The van der Waals surface area contributed by atoms with E-state index in [1.165, 1.54) is 0 Å². The highest BCUT2D eigenvalue weighted by Crippen LogP contribution is 2.31. The second kappa shape index (κ2) is 9.33. The first-order chi connectivity index (χ1) is 15.6. The second-order valence-electron chi connectivity index (χ2n) is 7.02. The molecule has 0 aliphatic heterocycles. The van der Waals surface area contributed by atoms with Gasteiger partial charge in [-0.05, 0) is 30.3 Å². The van der Waals surface area contributed by atoms with E-state index >= 15 is 0 Å². The Hall–Kier alpha value is -4.15. The summed E-state index contributed by atoms with van der Waals surface area (Å²) in [4.78, 5) is 13.5. The molecule has 0 aliphatic rings. The van der Waals surface area contributed by atoms with E-state index in [9.17, 15) is 18.5 Å². The number of pyridine rings is 1. The minimum Gasteiger partial charge on any atom is -0.371 e. The Morgan fingerprint density at radius 1 is 0.844 bits per heavy atom. The molecule has 0 bridgehead atoms. The van der Waals surface area contributed by atoms with Crippen LogP contribution < -0.4 is 10.9 Å². The van der Waals surface area contributed by atoms with Gasteiger partial charge in [0.25, 0.3) is 5.56 Å². The summed E-state index contributed by atoms with van der Waals surface area (Å²) in [5, 5.41) is 12.5. The molecule has 1 N–H and O–H groups in total. The fourth-order valence-electron chi connectivity index (χ4n) is 3.56. The largest absolute Gasteiger partial charge is 0.371 e. The van der Waals surface area contributed by atoms with Crippen LogP contribution in [0.3, 0.4) is 0 Å². The monoisotopic (exact) mass is 441 g/mol. The van der Waals surface area contributed by atoms with Crippen molar-refractivity contribution in [3.8, 4) is 34.0 Å². The molecule has 7 heteroatoms. The molecule has 6 nitrogen and oxygen atoms in total. The standard InChI is InChI=1S/C25H19N3O3S/c26-15-18-8-4-5-11-21(18)23-14-19(16-28(25(23)29)20-9-2-1-3-10-20)22-12-6-7-13-24(22)27-17-32(30)31/h1-14,16,27,32H,17H2. The van der Waals surface area contributed by atoms with Gasteiger partial charge in [0.2, 0.25) is 0 Å². The van der Waals surface area contributed by atoms with Crippen molar-refractivity contribution in [1.29, 1.82) is 5.26 Å². The van der Waals surface area contributed by atoms with Gasteiger partial charge in [0.15, 0.2) is 10.7 Å². The molecule has 0 aliphatic carbocycles. The van der Waals surface area contributed by atoms with E-state index in [2.05, 4.69) is 11.4 Å². The number of para-hydroxylation sites is 2. The van der Waals surface area contributed by atoms with Crippen molar-refractivity contribution in [1.82, 2.24) is 4.57 Å². The third kappa shape index (κ3) is 4.31. The lowest BCUT2D eigenvalue weighted by Crippen LogP contribution is -2.20. The van der Waals surface area contributed by atoms with Crippen LogP contribution in [-0.2, 0) is 10.7 Å². The fraction of sp³-hybridized carbons (Fsp3) is 0.0400. The van der Waals surface area contributed by atoms with E-state index in [1.807, 2.05) is 48.5 Å². The summed E-state index contributed by atoms with van der Waals surface area (Å²) in [6.07, 6.45) is 1.73. The molecule has 0 amide bonds. The average molecular weight is 442 g/mol. The van der Waals surface area contributed by atoms with Crippen LogP contribution in [0, 0.1) is 11.3 Å². The lowest BCUT2D eigenvalue weighted by molar-refractivity contribution is 0.616. The van der Waals surface area contributed by atoms with E-state index in [-0.39, 0.29) is 11.4 Å². The van der Waals surface area contributed by atoms with Crippen molar-refractivity contribution in [2.45, 2.75) is 0 Å². The molecule has 32 heavy (non-hydrogen) atoms. The van der Waals surface area contributed by atoms with E-state index < -0.39 is 10.7 Å². The van der Waals surface area contributed by atoms with Crippen molar-refractivity contribution in [2.24, 2.45) is 0 Å². The molecule has 0 fully saturated rings. The Morgan fingerprint density at radius 3 is 2.22 bits per heavy atom. The number of nitriles is 1. The number of aromatic nitrogens is 1. The van der Waals surface area contributed by atoms with Gasteiger partial charge in [0.05, 0.1) is 11.6 Å². The minimum atomic E-state index is -2.60. The fourth-order valence-corrected chi connectivity index (χ4v) is 3.86. The Bertz CT molecular complexity index is 1440. The maximum atomic E-state index is 13.5. The molecule has 0 unspecified atom stereocenters. The number of rotatable bonds is 6. The SMILES string of the molecule is N#Cc1ccccc1-c1cc(-c2ccccc2NC[SH](=O)=O)cn(-c2ccccc2)c1=O. The van der Waals surface area contributed by atoms with Crippen LogP contribution in [0.15, 0.2) is 95.9 Å². The Kier molecular flexibility index (Phi) is 6.15. The topological polar surface area (TPSA) is 92.0 Å². The minimum absolute atomic E-state index is 0.200. The third-order valence-electron chi connectivity index (χ3n) is 5.03. The molecule has 1 aromatic heterocycles. The van der Waals surface area contributed by atoms with Crippen LogP contribution >= 0.6 is 0 Å². The van der Waals surface area contributed by atoms with Crippen molar-refractivity contribution < 1.29 is 8.42 Å². The number of nitrogens with one attached hydrogen (secondary N) is 1. The molecule has 4 aromatic rings. The summed E-state index contributed by atoms with van der Waals surface area (Å²) in [5.41, 5.74) is 3.83. The van der Waals surface area contributed by atoms with Crippen LogP contribution in [0.2, 0.25) is 0 Å². The summed E-state index contributed by atoms with van der Waals surface area (Å²) in [5.74, 6) is -0.200. The van der Waals surface area contributed by atoms with Crippen LogP contribution in [0.1, 0.15) is 5.56 Å². The molecule has 3 aromatic carbocycles. The summed E-state index contributed by atoms with van der Waals surface area (Å²) < 4.78 is 23.8. The van der Waals surface area contributed by atoms with Gasteiger partial charge in [0.1, 0.15) is 5.88 Å². The molecule has 0 spiro atoms. The smallest absolute Gasteiger partial charge is 0.263 e. The predicted octanol–water partition coefficient (Wildman–Crippen LogP) is 4.02. The highest BCUT2D eigenvalue weighted by Gasteiger charge is 2.15. The molecule has 0 radical (unpaired) electrons. The van der Waals surface area contributed by atoms with Crippen molar-refractivity contribution in [2.75, 3.05) is 11.2 Å². The zero-order valence-electron chi connectivity index (χ0n) is 16.9. The van der Waals surface area contributed by atoms with Gasteiger partial charge in [-0.3, -0.25) is 9.36 Å². The number of hydrogen-bond donors (Lipinski definition) is 2. The van der Waals surface area contributed by atoms with Gasteiger partial charge in [0, 0.05) is 39.8 Å². The average Bonchev–Trinajstić information content (AvgIpc) is 2.83. The molecule has 0 saturated heterocycles. The van der Waals surface area contributed by atoms with Gasteiger partial charge in [-0.2, -0.15) is 5.26 Å². The molecule has 0 saturated carbocycles. The highest BCUT2D eigenvalue weighted by atomic mass is 32.2. The maximum Gasteiger partial charge on any atom is 0.263 e. The van der Waals surface area contributed by atoms with E-state index in [4.69, 9.17) is 0 Å². The molecule has 4 rings (SSSR count). The number of anilines is 1.